The third kappa shape index (κ3) is 2.99. The third-order valence-corrected chi connectivity index (χ3v) is 3.31. The van der Waals surface area contributed by atoms with Gasteiger partial charge in [0.2, 0.25) is 0 Å². The minimum Gasteiger partial charge on any atom is -0.493 e. The van der Waals surface area contributed by atoms with Crippen LogP contribution in [0.4, 0.5) is 0 Å². The Kier molecular flexibility index (Phi) is 4.74. The molecule has 1 atom stereocenters. The van der Waals surface area contributed by atoms with Crippen LogP contribution < -0.4 is 10.1 Å². The van der Waals surface area contributed by atoms with Gasteiger partial charge in [0.05, 0.1) is 19.3 Å². The number of pyridine rings is 1. The zero-order chi connectivity index (χ0) is 14.5. The van der Waals surface area contributed by atoms with E-state index < -0.39 is 0 Å². The van der Waals surface area contributed by atoms with E-state index in [1.165, 1.54) is 0 Å². The Hall–Kier alpha value is -1.88. The lowest BCUT2D eigenvalue weighted by Gasteiger charge is -2.20. The molecule has 2 aromatic heterocycles. The number of nitrogens with zero attached hydrogens (tertiary/aromatic N) is 3. The summed E-state index contributed by atoms with van der Waals surface area (Å²) in [7, 11) is 3.60. The summed E-state index contributed by atoms with van der Waals surface area (Å²) in [5.74, 6) is 0.793. The Balaban J connectivity index is 2.41. The van der Waals surface area contributed by atoms with Crippen molar-refractivity contribution in [2.24, 2.45) is 7.05 Å². The van der Waals surface area contributed by atoms with Crippen LogP contribution in [-0.2, 0) is 7.05 Å². The van der Waals surface area contributed by atoms with Crippen LogP contribution >= 0.6 is 0 Å². The molecule has 2 aromatic rings. The van der Waals surface area contributed by atoms with Gasteiger partial charge in [-0.3, -0.25) is 9.67 Å². The smallest absolute Gasteiger partial charge is 0.161 e. The van der Waals surface area contributed by atoms with Gasteiger partial charge in [0.25, 0.3) is 0 Å². The molecule has 1 N–H and O–H groups in total. The van der Waals surface area contributed by atoms with Crippen molar-refractivity contribution < 1.29 is 4.74 Å². The summed E-state index contributed by atoms with van der Waals surface area (Å²) in [6, 6.07) is 4.16. The Bertz CT molecular complexity index is 548. The van der Waals surface area contributed by atoms with Gasteiger partial charge in [0.15, 0.2) is 5.75 Å². The summed E-state index contributed by atoms with van der Waals surface area (Å²) in [4.78, 5) is 4.39. The second-order valence-electron chi connectivity index (χ2n) is 4.84. The Morgan fingerprint density at radius 1 is 1.35 bits per heavy atom. The standard InChI is InChI=1S/C15H22N4O/c1-5-8-16-14(12-7-6-11(2)17-9-12)15-13(20-4)10-18-19(15)3/h6-7,9-10,14,16H,5,8H2,1-4H3. The number of rotatable bonds is 6. The molecule has 0 amide bonds. The van der Waals surface area contributed by atoms with Crippen LogP contribution in [0.3, 0.4) is 0 Å². The van der Waals surface area contributed by atoms with Gasteiger partial charge in [0, 0.05) is 18.9 Å². The maximum atomic E-state index is 5.43. The first-order valence-electron chi connectivity index (χ1n) is 6.89. The van der Waals surface area contributed by atoms with Gasteiger partial charge in [-0.25, -0.2) is 0 Å². The molecule has 0 fully saturated rings. The van der Waals surface area contributed by atoms with Crippen LogP contribution in [0.5, 0.6) is 5.75 Å². The molecular formula is C15H22N4O. The van der Waals surface area contributed by atoms with Crippen LogP contribution in [-0.4, -0.2) is 28.4 Å². The average Bonchev–Trinajstić information content (AvgIpc) is 2.82. The van der Waals surface area contributed by atoms with Gasteiger partial charge in [-0.15, -0.1) is 0 Å². The first-order chi connectivity index (χ1) is 9.67. The van der Waals surface area contributed by atoms with Crippen molar-refractivity contribution in [3.8, 4) is 5.75 Å². The van der Waals surface area contributed by atoms with E-state index in [9.17, 15) is 0 Å². The fourth-order valence-corrected chi connectivity index (χ4v) is 2.22. The fourth-order valence-electron chi connectivity index (χ4n) is 2.22. The summed E-state index contributed by atoms with van der Waals surface area (Å²) in [5, 5.41) is 7.83. The predicted molar refractivity (Wildman–Crippen MR) is 78.9 cm³/mol. The normalized spacial score (nSPS) is 12.4. The lowest BCUT2D eigenvalue weighted by Crippen LogP contribution is -2.26. The number of hydrogen-bond donors (Lipinski definition) is 1. The minimum atomic E-state index is 0.0329. The molecule has 0 bridgehead atoms. The van der Waals surface area contributed by atoms with Gasteiger partial charge in [-0.1, -0.05) is 13.0 Å². The number of nitrogens with one attached hydrogen (secondary N) is 1. The van der Waals surface area contributed by atoms with Gasteiger partial charge in [-0.05, 0) is 31.5 Å². The van der Waals surface area contributed by atoms with Gasteiger partial charge in [0.1, 0.15) is 5.69 Å². The van der Waals surface area contributed by atoms with E-state index in [-0.39, 0.29) is 6.04 Å². The van der Waals surface area contributed by atoms with Gasteiger partial charge in [-0.2, -0.15) is 5.10 Å². The minimum absolute atomic E-state index is 0.0329. The van der Waals surface area contributed by atoms with Crippen molar-refractivity contribution >= 4 is 0 Å². The molecule has 0 saturated heterocycles. The molecule has 0 radical (unpaired) electrons. The molecule has 0 aliphatic heterocycles. The Labute approximate surface area is 120 Å². The second-order valence-corrected chi connectivity index (χ2v) is 4.84. The van der Waals surface area contributed by atoms with E-state index in [4.69, 9.17) is 4.74 Å². The lowest BCUT2D eigenvalue weighted by molar-refractivity contribution is 0.400. The number of hydrogen-bond acceptors (Lipinski definition) is 4. The molecule has 20 heavy (non-hydrogen) atoms. The highest BCUT2D eigenvalue weighted by Crippen LogP contribution is 2.29. The van der Waals surface area contributed by atoms with Crippen LogP contribution in [0.1, 0.15) is 36.3 Å². The van der Waals surface area contributed by atoms with Gasteiger partial charge < -0.3 is 10.1 Å². The second kappa shape index (κ2) is 6.52. The van der Waals surface area contributed by atoms with E-state index >= 15 is 0 Å². The van der Waals surface area contributed by atoms with E-state index in [1.54, 1.807) is 13.3 Å². The van der Waals surface area contributed by atoms with Crippen LogP contribution in [0, 0.1) is 6.92 Å². The molecule has 0 spiro atoms. The average molecular weight is 274 g/mol. The quantitative estimate of drug-likeness (QED) is 0.877. The number of ether oxygens (including phenoxy) is 1. The third-order valence-electron chi connectivity index (χ3n) is 3.31. The first kappa shape index (κ1) is 14.5. The monoisotopic (exact) mass is 274 g/mol. The molecule has 5 heteroatoms. The van der Waals surface area contributed by atoms with Crippen LogP contribution in [0.2, 0.25) is 0 Å². The van der Waals surface area contributed by atoms with Crippen LogP contribution in [0.15, 0.2) is 24.5 Å². The number of methoxy groups -OCH3 is 1. The highest BCUT2D eigenvalue weighted by Gasteiger charge is 2.22. The van der Waals surface area contributed by atoms with Crippen molar-refractivity contribution in [3.63, 3.8) is 0 Å². The maximum absolute atomic E-state index is 5.43. The molecule has 0 saturated carbocycles. The SMILES string of the molecule is CCCNC(c1ccc(C)nc1)c1c(OC)cnn1C. The van der Waals surface area contributed by atoms with Crippen molar-refractivity contribution in [1.82, 2.24) is 20.1 Å². The highest BCUT2D eigenvalue weighted by molar-refractivity contribution is 5.35. The molecular weight excluding hydrogens is 252 g/mol. The molecule has 5 nitrogen and oxygen atoms in total. The zero-order valence-electron chi connectivity index (χ0n) is 12.6. The van der Waals surface area contributed by atoms with E-state index in [1.807, 2.05) is 30.9 Å². The lowest BCUT2D eigenvalue weighted by atomic mass is 10.0. The Morgan fingerprint density at radius 3 is 2.75 bits per heavy atom. The number of aryl methyl sites for hydroxylation is 2. The van der Waals surface area contributed by atoms with E-state index in [0.29, 0.717) is 0 Å². The van der Waals surface area contributed by atoms with Crippen molar-refractivity contribution in [1.29, 1.82) is 0 Å². The number of aromatic nitrogens is 3. The molecule has 1 unspecified atom stereocenters. The summed E-state index contributed by atoms with van der Waals surface area (Å²) in [6.45, 7) is 5.06. The summed E-state index contributed by atoms with van der Waals surface area (Å²) >= 11 is 0. The molecule has 2 heterocycles. The molecule has 0 aliphatic carbocycles. The Morgan fingerprint density at radius 2 is 2.15 bits per heavy atom. The van der Waals surface area contributed by atoms with E-state index in [2.05, 4.69) is 28.4 Å². The summed E-state index contributed by atoms with van der Waals surface area (Å²) in [5.41, 5.74) is 3.15. The maximum Gasteiger partial charge on any atom is 0.161 e. The molecule has 2 rings (SSSR count). The topological polar surface area (TPSA) is 52.0 Å². The first-order valence-corrected chi connectivity index (χ1v) is 6.89. The predicted octanol–water partition coefficient (Wildman–Crippen LogP) is 2.22. The summed E-state index contributed by atoms with van der Waals surface area (Å²) < 4.78 is 7.28. The largest absolute Gasteiger partial charge is 0.493 e. The molecule has 0 aliphatic rings. The van der Waals surface area contributed by atoms with Crippen molar-refractivity contribution in [2.75, 3.05) is 13.7 Å². The van der Waals surface area contributed by atoms with Gasteiger partial charge >= 0.3 is 0 Å². The summed E-state index contributed by atoms with van der Waals surface area (Å²) in [6.07, 6.45) is 4.72. The fraction of sp³-hybridized carbons (Fsp3) is 0.467. The van der Waals surface area contributed by atoms with E-state index in [0.717, 1.165) is 35.7 Å². The zero-order valence-corrected chi connectivity index (χ0v) is 12.6. The molecule has 0 aromatic carbocycles. The van der Waals surface area contributed by atoms with Crippen LogP contribution in [0.25, 0.3) is 0 Å². The molecule has 108 valence electrons. The van der Waals surface area contributed by atoms with Crippen molar-refractivity contribution in [2.45, 2.75) is 26.3 Å². The van der Waals surface area contributed by atoms with Crippen molar-refractivity contribution in [3.05, 3.63) is 41.5 Å². The highest BCUT2D eigenvalue weighted by atomic mass is 16.5.